The summed E-state index contributed by atoms with van der Waals surface area (Å²) >= 11 is 0. The number of guanidine groups is 1. The summed E-state index contributed by atoms with van der Waals surface area (Å²) < 4.78 is 10.8. The first kappa shape index (κ1) is 118. The standard InChI is InChI=1S/C55H89N15O12.C45H61N9O8/c1-3-4-23-41(51(76)57-2)63-53(78)43(34-39-21-18-19-28-58-39)66-54(79)44(35-40-22-20-29-59-40)65-52(77)42(26-27-46(56)72)64-55(80)45(37-71)62-49(74)36-61-50(75)38-82-33-32-81-31-30-60-48(73)25-17-15-13-11-9-7-5-6-8-10-12-14-16-24-47-67-69-70-68-47;1-27-19-20-31(56)14-7-4-8-16-34(28(2)55)50-42(60)38(23-30-25-49-35-17-10-9-15-33(30)35)52-40(58)36(18-11-21-48-45(46)47)51-41(59)37(22-29-12-5-3-6-13-29)53-43(61)39-24-32(57)26-54(39)44(27)62/h18-19,21-22,28-29,41-45,71H,3-17,20,23-27,30-38H2,1-2H3,(H2,56,72)(H,57,76)(H,60,73)(H,61,75)(H,62,74)(H,63,78)(H,64,80)(H,65,77)(H,66,79)(H,67,68,69,70);3,5-6,9-10,12-13,15,17,25,27,32,34,36-39,49,57H,4,7-8,11,14,16,18-24,26H2,1-2H3,(H,50,60)(H,51,59)(H,52,58)(H,53,61)(H4,46,47,48)/t41-,42-,43-,44-,45-;27-,32+,34-,36-,37+,38-,39-/m00/s1. The molecule has 6 heterocycles. The summed E-state index contributed by atoms with van der Waals surface area (Å²) in [6.07, 6.45) is 26.4. The van der Waals surface area contributed by atoms with E-state index in [-0.39, 0.29) is 133 Å². The van der Waals surface area contributed by atoms with Gasteiger partial charge in [-0.2, -0.15) is 5.21 Å². The number of likely N-dealkylation sites (N-methyl/N-ethyl adjacent to an activating group) is 1. The van der Waals surface area contributed by atoms with Crippen LogP contribution in [0.15, 0.2) is 107 Å². The predicted octanol–water partition coefficient (Wildman–Crippen LogP) is 1.92. The molecule has 3 aliphatic heterocycles. The Bertz CT molecular complexity index is 4980. The molecule has 0 saturated carbocycles. The number of nitrogens with two attached hydrogens (primary N) is 3. The Morgan fingerprint density at radius 1 is 0.604 bits per heavy atom. The fourth-order valence-corrected chi connectivity index (χ4v) is 16.7. The Kier molecular flexibility index (Phi) is 54.3. The number of aliphatic hydroxyl groups is 2. The third-order valence-corrected chi connectivity index (χ3v) is 24.8. The molecule has 2 fully saturated rings. The van der Waals surface area contributed by atoms with Gasteiger partial charge < -0.3 is 111 Å². The van der Waals surface area contributed by atoms with Crippen LogP contribution in [0.2, 0.25) is 0 Å². The van der Waals surface area contributed by atoms with Crippen LogP contribution in [0.25, 0.3) is 10.9 Å². The molecular weight excluding hydrogens is 1860 g/mol. The summed E-state index contributed by atoms with van der Waals surface area (Å²) in [5, 5.41) is 67.3. The molecule has 2 saturated heterocycles. The molecular formula is C100H150N24O20. The van der Waals surface area contributed by atoms with Gasteiger partial charge >= 0.3 is 0 Å². The number of benzene rings is 2. The lowest BCUT2D eigenvalue weighted by atomic mass is 9.98. The molecule has 0 spiro atoms. The van der Waals surface area contributed by atoms with Gasteiger partial charge in [0, 0.05) is 144 Å². The molecule has 3 aromatic heterocycles. The first-order valence-electron chi connectivity index (χ1n) is 50.4. The SMILES string of the molecule is CC(=O)[C@@H]1CCCCCC(=O)CC[C@H](C)C(=O)N2C[C@H](O)C[C@H]2C(=O)N[C@H](Cc2ccccc2)C(=O)N[C@@H](CCCN=C(N)N)C(=O)N[C@@H](Cc2c[nH]c3ccccc23)C(=O)N1.CCCC[C@H](NC(=O)[C@H](Cc1ccccn1)NC(=O)[C@H](CC1=CCC=N1)NC(=O)[C@H](CCC(N)=O)NC(=O)[C@H](CO)NC(=O)CNC(=O)COCCOCCNC(=O)CCCCCCCCCCCCCCCc1nn[nH]n1)C(=O)NC. The summed E-state index contributed by atoms with van der Waals surface area (Å²) in [6.45, 7) is 3.87. The third kappa shape index (κ3) is 45.1. The number of carbonyl (C=O) groups excluding carboxylic acids is 16. The van der Waals surface area contributed by atoms with Crippen molar-refractivity contribution in [3.05, 3.63) is 120 Å². The van der Waals surface area contributed by atoms with Crippen LogP contribution >= 0.6 is 0 Å². The van der Waals surface area contributed by atoms with Crippen LogP contribution in [0.3, 0.4) is 0 Å². The number of ketones is 2. The number of para-hydroxylation sites is 1. The molecule has 0 radical (unpaired) electrons. The minimum absolute atomic E-state index is 0.0144. The van der Waals surface area contributed by atoms with E-state index in [1.54, 1.807) is 73.9 Å². The van der Waals surface area contributed by atoms with Gasteiger partial charge in [-0.25, -0.2) is 0 Å². The highest BCUT2D eigenvalue weighted by atomic mass is 16.5. The van der Waals surface area contributed by atoms with Gasteiger partial charge in [-0.05, 0) is 94.0 Å². The van der Waals surface area contributed by atoms with Crippen molar-refractivity contribution in [3.63, 3.8) is 0 Å². The molecule has 44 heteroatoms. The Balaban J connectivity index is 0.000000405. The van der Waals surface area contributed by atoms with Crippen LogP contribution in [0.4, 0.5) is 0 Å². The van der Waals surface area contributed by atoms with E-state index in [9.17, 15) is 86.9 Å². The lowest BCUT2D eigenvalue weighted by molar-refractivity contribution is -0.142. The van der Waals surface area contributed by atoms with E-state index < -0.39 is 170 Å². The van der Waals surface area contributed by atoms with Crippen LogP contribution in [0, 0.1) is 5.92 Å². The average Bonchev–Trinajstić information content (AvgIpc) is 1.65. The molecule has 22 N–H and O–H groups in total. The Morgan fingerprint density at radius 2 is 1.23 bits per heavy atom. The fraction of sp³-hybridized carbons (Fsp3) is 0.600. The van der Waals surface area contributed by atoms with Gasteiger partial charge in [0.25, 0.3) is 0 Å². The number of carbonyl (C=O) groups is 16. The summed E-state index contributed by atoms with van der Waals surface area (Å²) in [5.41, 5.74) is 19.6. The van der Waals surface area contributed by atoms with Crippen LogP contribution in [0.1, 0.15) is 242 Å². The van der Waals surface area contributed by atoms with Crippen LogP contribution < -0.4 is 81.0 Å². The number of amides is 14. The molecule has 144 heavy (non-hydrogen) atoms. The number of rotatable bonds is 56. The monoisotopic (exact) mass is 2010 g/mol. The number of aromatic amines is 2. The summed E-state index contributed by atoms with van der Waals surface area (Å²) in [5.74, 6) is -9.65. The fourth-order valence-electron chi connectivity index (χ4n) is 16.7. The second-order valence-corrected chi connectivity index (χ2v) is 36.5. The van der Waals surface area contributed by atoms with Crippen LogP contribution in [-0.2, 0) is 112 Å². The first-order chi connectivity index (χ1) is 69.4. The molecule has 12 atom stereocenters. The average molecular weight is 2010 g/mol. The van der Waals surface area contributed by atoms with E-state index in [2.05, 4.69) is 104 Å². The number of nitrogens with zero attached hydrogens (tertiary/aromatic N) is 7. The zero-order valence-corrected chi connectivity index (χ0v) is 83.4. The smallest absolute Gasteiger partial charge is 0.246 e. The molecule has 0 bridgehead atoms. The van der Waals surface area contributed by atoms with Crippen LogP contribution in [-0.4, -0.2) is 285 Å². The van der Waals surface area contributed by atoms with Gasteiger partial charge in [-0.3, -0.25) is 91.7 Å². The van der Waals surface area contributed by atoms with E-state index in [1.165, 1.54) is 82.9 Å². The van der Waals surface area contributed by atoms with Crippen molar-refractivity contribution in [1.29, 1.82) is 0 Å². The lowest BCUT2D eigenvalue weighted by Crippen LogP contribution is -2.60. The van der Waals surface area contributed by atoms with Crippen molar-refractivity contribution in [2.75, 3.05) is 66.3 Å². The number of nitrogens with one attached hydrogen (secondary N) is 14. The van der Waals surface area contributed by atoms with Crippen LogP contribution in [0.5, 0.6) is 0 Å². The van der Waals surface area contributed by atoms with Gasteiger partial charge in [0.2, 0.25) is 82.7 Å². The maximum absolute atomic E-state index is 14.4. The largest absolute Gasteiger partial charge is 0.394 e. The minimum Gasteiger partial charge on any atom is -0.394 e. The van der Waals surface area contributed by atoms with Crippen molar-refractivity contribution >= 4 is 117 Å². The Morgan fingerprint density at radius 3 is 1.88 bits per heavy atom. The molecule has 14 amide bonds. The van der Waals surface area contributed by atoms with Crippen molar-refractivity contribution in [3.8, 4) is 0 Å². The lowest BCUT2D eigenvalue weighted by Gasteiger charge is -2.29. The number of H-pyrrole nitrogens is 2. The van der Waals surface area contributed by atoms with E-state index in [4.69, 9.17) is 26.7 Å². The van der Waals surface area contributed by atoms with Crippen molar-refractivity contribution in [2.45, 2.75) is 312 Å². The molecule has 3 aliphatic rings. The number of aromatic nitrogens is 6. The minimum atomic E-state index is -1.63. The second kappa shape index (κ2) is 66.5. The summed E-state index contributed by atoms with van der Waals surface area (Å²) in [4.78, 5) is 231. The van der Waals surface area contributed by atoms with Gasteiger partial charge in [0.15, 0.2) is 17.6 Å². The van der Waals surface area contributed by atoms with Gasteiger partial charge in [0.1, 0.15) is 66.8 Å². The van der Waals surface area contributed by atoms with Gasteiger partial charge in [0.05, 0.1) is 45.1 Å². The Labute approximate surface area is 840 Å². The number of tetrazole rings is 1. The maximum Gasteiger partial charge on any atom is 0.246 e. The molecule has 8 rings (SSSR count). The highest BCUT2D eigenvalue weighted by Crippen LogP contribution is 2.26. The predicted molar refractivity (Wildman–Crippen MR) is 536 cm³/mol. The first-order valence-corrected chi connectivity index (χ1v) is 50.4. The zero-order chi connectivity index (χ0) is 104. The normalized spacial score (nSPS) is 18.7. The van der Waals surface area contributed by atoms with E-state index >= 15 is 0 Å². The molecule has 2 aromatic carbocycles. The highest BCUT2D eigenvalue weighted by Gasteiger charge is 2.43. The quantitative estimate of drug-likeness (QED) is 0.0150. The van der Waals surface area contributed by atoms with E-state index in [1.807, 2.05) is 31.2 Å². The van der Waals surface area contributed by atoms with Gasteiger partial charge in [-0.1, -0.05) is 176 Å². The molecule has 5 aromatic rings. The van der Waals surface area contributed by atoms with Gasteiger partial charge in [-0.15, -0.1) is 10.2 Å². The van der Waals surface area contributed by atoms with Crippen molar-refractivity contribution in [1.82, 2.24) is 99.3 Å². The second-order valence-electron chi connectivity index (χ2n) is 36.5. The number of ether oxygens (including phenoxy) is 2. The number of hydrogen-bond donors (Lipinski definition) is 19. The number of aliphatic imine (C=N–C) groups is 2. The Hall–Kier alpha value is -13.4. The van der Waals surface area contributed by atoms with Crippen molar-refractivity contribution < 1.29 is 96.4 Å². The number of fused-ring (bicyclic) bond motifs is 2. The molecule has 790 valence electrons. The number of Topliss-reactive ketones (excluding diaryl/α,β-unsaturated/α-hetero) is 2. The third-order valence-electron chi connectivity index (χ3n) is 24.8. The molecule has 0 aliphatic carbocycles. The molecule has 0 unspecified atom stereocenters. The number of primary amides is 1. The number of hydrogen-bond acceptors (Lipinski definition) is 26. The highest BCUT2D eigenvalue weighted by molar-refractivity contribution is 6.00. The van der Waals surface area contributed by atoms with E-state index in [0.29, 0.717) is 74.9 Å². The summed E-state index contributed by atoms with van der Waals surface area (Å²) in [7, 11) is 1.44. The maximum atomic E-state index is 14.4. The number of pyridine rings is 1. The topological polar surface area (TPSA) is 666 Å². The molecule has 44 nitrogen and oxygen atoms in total. The zero-order valence-electron chi connectivity index (χ0n) is 83.4. The number of aryl methyl sites for hydroxylation is 1. The number of unbranched alkanes of at least 4 members (excludes halogenated alkanes) is 13. The summed E-state index contributed by atoms with van der Waals surface area (Å²) in [6, 6.07) is 9.10. The number of aliphatic hydroxyl groups excluding tert-OH is 2. The number of allylic oxidation sites excluding steroid dienone is 1. The van der Waals surface area contributed by atoms with Crippen molar-refractivity contribution in [2.24, 2.45) is 33.1 Å². The van der Waals surface area contributed by atoms with E-state index in [0.717, 1.165) is 60.8 Å².